The SMILES string of the molecule is CS(=O)(=O)Oc1cccc2c1Nc1ccccc1O2. The summed E-state index contributed by atoms with van der Waals surface area (Å²) < 4.78 is 33.1. The summed E-state index contributed by atoms with van der Waals surface area (Å²) >= 11 is 0. The van der Waals surface area contributed by atoms with Crippen molar-refractivity contribution in [3.63, 3.8) is 0 Å². The molecule has 98 valence electrons. The van der Waals surface area contributed by atoms with Gasteiger partial charge in [0.1, 0.15) is 5.69 Å². The minimum atomic E-state index is -3.58. The molecule has 3 rings (SSSR count). The number of rotatable bonds is 2. The van der Waals surface area contributed by atoms with Crippen LogP contribution in [-0.2, 0) is 10.1 Å². The van der Waals surface area contributed by atoms with Gasteiger partial charge in [0.15, 0.2) is 17.2 Å². The minimum Gasteiger partial charge on any atom is -0.453 e. The summed E-state index contributed by atoms with van der Waals surface area (Å²) in [5.41, 5.74) is 1.27. The molecule has 0 aliphatic carbocycles. The van der Waals surface area contributed by atoms with Gasteiger partial charge in [-0.1, -0.05) is 18.2 Å². The molecule has 0 atom stereocenters. The van der Waals surface area contributed by atoms with Crippen molar-refractivity contribution in [2.75, 3.05) is 11.6 Å². The van der Waals surface area contributed by atoms with Crippen molar-refractivity contribution in [2.45, 2.75) is 0 Å². The monoisotopic (exact) mass is 277 g/mol. The highest BCUT2D eigenvalue weighted by molar-refractivity contribution is 7.86. The lowest BCUT2D eigenvalue weighted by molar-refractivity contribution is 0.470. The second-order valence-electron chi connectivity index (χ2n) is 4.14. The predicted molar refractivity (Wildman–Crippen MR) is 71.7 cm³/mol. The topological polar surface area (TPSA) is 64.6 Å². The van der Waals surface area contributed by atoms with Gasteiger partial charge in [-0.3, -0.25) is 0 Å². The zero-order valence-electron chi connectivity index (χ0n) is 10.1. The van der Waals surface area contributed by atoms with Gasteiger partial charge < -0.3 is 14.2 Å². The Bertz CT molecular complexity index is 740. The Hall–Kier alpha value is -2.21. The molecule has 0 aromatic heterocycles. The van der Waals surface area contributed by atoms with Crippen molar-refractivity contribution in [3.05, 3.63) is 42.5 Å². The van der Waals surface area contributed by atoms with E-state index in [-0.39, 0.29) is 5.75 Å². The Morgan fingerprint density at radius 1 is 1.05 bits per heavy atom. The summed E-state index contributed by atoms with van der Waals surface area (Å²) in [6.07, 6.45) is 1.00. The molecule has 2 aromatic carbocycles. The summed E-state index contributed by atoms with van der Waals surface area (Å²) in [7, 11) is -3.58. The molecule has 0 unspecified atom stereocenters. The summed E-state index contributed by atoms with van der Waals surface area (Å²) in [6.45, 7) is 0. The fourth-order valence-electron chi connectivity index (χ4n) is 1.86. The van der Waals surface area contributed by atoms with Crippen LogP contribution in [0.4, 0.5) is 11.4 Å². The van der Waals surface area contributed by atoms with Crippen LogP contribution in [0.5, 0.6) is 17.2 Å². The van der Waals surface area contributed by atoms with Crippen LogP contribution < -0.4 is 14.2 Å². The molecule has 1 aliphatic rings. The Morgan fingerprint density at radius 2 is 1.79 bits per heavy atom. The second kappa shape index (κ2) is 4.17. The third-order valence-corrected chi connectivity index (χ3v) is 3.08. The molecule has 0 amide bonds. The predicted octanol–water partition coefficient (Wildman–Crippen LogP) is 2.87. The van der Waals surface area contributed by atoms with Crippen LogP contribution >= 0.6 is 0 Å². The second-order valence-corrected chi connectivity index (χ2v) is 5.71. The number of hydrogen-bond donors (Lipinski definition) is 1. The average Bonchev–Trinajstić information content (AvgIpc) is 2.35. The first-order valence-electron chi connectivity index (χ1n) is 5.59. The van der Waals surface area contributed by atoms with Crippen LogP contribution in [0.1, 0.15) is 0 Å². The Labute approximate surface area is 110 Å². The standard InChI is InChI=1S/C13H11NO4S/c1-19(15,16)18-12-8-4-7-11-13(12)14-9-5-2-3-6-10(9)17-11/h2-8,14H,1H3. The Kier molecular flexibility index (Phi) is 2.60. The molecule has 1 N–H and O–H groups in total. The van der Waals surface area contributed by atoms with Gasteiger partial charge in [-0.15, -0.1) is 0 Å². The maximum atomic E-state index is 11.2. The first-order valence-corrected chi connectivity index (χ1v) is 7.41. The van der Waals surface area contributed by atoms with Gasteiger partial charge in [0.2, 0.25) is 0 Å². The molecule has 1 aliphatic heterocycles. The van der Waals surface area contributed by atoms with E-state index in [1.807, 2.05) is 24.3 Å². The van der Waals surface area contributed by atoms with Crippen molar-refractivity contribution in [1.29, 1.82) is 0 Å². The molecule has 1 heterocycles. The molecular formula is C13H11NO4S. The maximum Gasteiger partial charge on any atom is 0.306 e. The highest BCUT2D eigenvalue weighted by Gasteiger charge is 2.21. The van der Waals surface area contributed by atoms with E-state index in [9.17, 15) is 8.42 Å². The zero-order chi connectivity index (χ0) is 13.5. The number of anilines is 2. The number of para-hydroxylation sites is 3. The molecule has 0 saturated carbocycles. The third kappa shape index (κ3) is 2.34. The lowest BCUT2D eigenvalue weighted by atomic mass is 10.2. The van der Waals surface area contributed by atoms with Gasteiger partial charge in [-0.2, -0.15) is 8.42 Å². The van der Waals surface area contributed by atoms with Gasteiger partial charge in [0.05, 0.1) is 11.9 Å². The number of hydrogen-bond acceptors (Lipinski definition) is 5. The molecule has 0 spiro atoms. The quantitative estimate of drug-likeness (QED) is 0.730. The van der Waals surface area contributed by atoms with Crippen LogP contribution in [0, 0.1) is 0 Å². The number of nitrogens with one attached hydrogen (secondary N) is 1. The van der Waals surface area contributed by atoms with Crippen molar-refractivity contribution in [2.24, 2.45) is 0 Å². The molecule has 19 heavy (non-hydrogen) atoms. The molecule has 5 nitrogen and oxygen atoms in total. The first-order chi connectivity index (χ1) is 9.03. The fraction of sp³-hybridized carbons (Fsp3) is 0.0769. The van der Waals surface area contributed by atoms with Crippen molar-refractivity contribution < 1.29 is 17.3 Å². The van der Waals surface area contributed by atoms with Crippen molar-refractivity contribution >= 4 is 21.5 Å². The van der Waals surface area contributed by atoms with E-state index < -0.39 is 10.1 Å². The Morgan fingerprint density at radius 3 is 2.58 bits per heavy atom. The smallest absolute Gasteiger partial charge is 0.306 e. The average molecular weight is 277 g/mol. The highest BCUT2D eigenvalue weighted by Crippen LogP contribution is 2.46. The summed E-state index contributed by atoms with van der Waals surface area (Å²) in [4.78, 5) is 0. The number of fused-ring (bicyclic) bond motifs is 2. The lowest BCUT2D eigenvalue weighted by Gasteiger charge is -2.23. The van der Waals surface area contributed by atoms with Crippen LogP contribution in [0.2, 0.25) is 0 Å². The summed E-state index contributed by atoms with van der Waals surface area (Å²) in [6, 6.07) is 12.4. The summed E-state index contributed by atoms with van der Waals surface area (Å²) in [5.74, 6) is 1.43. The third-order valence-electron chi connectivity index (χ3n) is 2.60. The molecule has 0 bridgehead atoms. The van der Waals surface area contributed by atoms with Crippen LogP contribution in [0.25, 0.3) is 0 Å². The van der Waals surface area contributed by atoms with Gasteiger partial charge in [0.25, 0.3) is 0 Å². The lowest BCUT2D eigenvalue weighted by Crippen LogP contribution is -2.09. The van der Waals surface area contributed by atoms with E-state index in [4.69, 9.17) is 8.92 Å². The van der Waals surface area contributed by atoms with E-state index in [2.05, 4.69) is 5.32 Å². The van der Waals surface area contributed by atoms with Gasteiger partial charge in [-0.25, -0.2) is 0 Å². The molecule has 0 saturated heterocycles. The van der Waals surface area contributed by atoms with Crippen LogP contribution in [0.15, 0.2) is 42.5 Å². The highest BCUT2D eigenvalue weighted by atomic mass is 32.2. The molecular weight excluding hydrogens is 266 g/mol. The van der Waals surface area contributed by atoms with Gasteiger partial charge >= 0.3 is 10.1 Å². The van der Waals surface area contributed by atoms with E-state index in [1.165, 1.54) is 0 Å². The van der Waals surface area contributed by atoms with Crippen LogP contribution in [0.3, 0.4) is 0 Å². The summed E-state index contributed by atoms with van der Waals surface area (Å²) in [5, 5.41) is 3.12. The largest absolute Gasteiger partial charge is 0.453 e. The van der Waals surface area contributed by atoms with Crippen molar-refractivity contribution in [3.8, 4) is 17.2 Å². The van der Waals surface area contributed by atoms with Crippen LogP contribution in [-0.4, -0.2) is 14.7 Å². The minimum absolute atomic E-state index is 0.217. The Balaban J connectivity index is 2.06. The molecule has 0 radical (unpaired) electrons. The first kappa shape index (κ1) is 11.9. The number of benzene rings is 2. The maximum absolute atomic E-state index is 11.2. The van der Waals surface area contributed by atoms with Crippen molar-refractivity contribution in [1.82, 2.24) is 0 Å². The van der Waals surface area contributed by atoms with Gasteiger partial charge in [0, 0.05) is 0 Å². The zero-order valence-corrected chi connectivity index (χ0v) is 10.9. The van der Waals surface area contributed by atoms with Gasteiger partial charge in [-0.05, 0) is 24.3 Å². The molecule has 0 fully saturated rings. The molecule has 2 aromatic rings. The van der Waals surface area contributed by atoms with E-state index >= 15 is 0 Å². The fourth-order valence-corrected chi connectivity index (χ4v) is 2.33. The van der Waals surface area contributed by atoms with E-state index in [0.29, 0.717) is 17.2 Å². The van der Waals surface area contributed by atoms with E-state index in [0.717, 1.165) is 11.9 Å². The molecule has 6 heteroatoms. The number of ether oxygens (including phenoxy) is 1. The normalized spacial score (nSPS) is 12.7. The van der Waals surface area contributed by atoms with E-state index in [1.54, 1.807) is 18.2 Å².